The number of carbonyl (C=O) groups excluding carboxylic acids is 1. The highest BCUT2D eigenvalue weighted by Crippen LogP contribution is 2.34. The van der Waals surface area contributed by atoms with Gasteiger partial charge in [0.1, 0.15) is 11.5 Å². The molecule has 0 aliphatic heterocycles. The summed E-state index contributed by atoms with van der Waals surface area (Å²) >= 11 is 12.1. The van der Waals surface area contributed by atoms with Gasteiger partial charge in [-0.3, -0.25) is 4.79 Å². The molecule has 0 spiro atoms. The van der Waals surface area contributed by atoms with Crippen LogP contribution in [-0.2, 0) is 17.4 Å². The van der Waals surface area contributed by atoms with Crippen molar-refractivity contribution in [2.24, 2.45) is 5.10 Å². The molecule has 1 amide bonds. The summed E-state index contributed by atoms with van der Waals surface area (Å²) in [6.45, 7) is 0. The number of hydrazone groups is 1. The molecule has 0 aliphatic carbocycles. The zero-order valence-electron chi connectivity index (χ0n) is 14.6. The summed E-state index contributed by atoms with van der Waals surface area (Å²) in [7, 11) is 0. The molecule has 0 fully saturated rings. The van der Waals surface area contributed by atoms with Crippen molar-refractivity contribution in [3.63, 3.8) is 0 Å². The third-order valence-corrected chi connectivity index (χ3v) is 4.66. The molecule has 0 bridgehead atoms. The second kappa shape index (κ2) is 8.71. The molecule has 2 aromatic carbocycles. The Morgan fingerprint density at radius 2 is 1.86 bits per heavy atom. The number of carbonyl (C=O) groups is 1. The van der Waals surface area contributed by atoms with Gasteiger partial charge < -0.3 is 4.42 Å². The molecule has 3 aromatic rings. The molecule has 0 atom stereocenters. The maximum atomic E-state index is 12.7. The van der Waals surface area contributed by atoms with Crippen molar-refractivity contribution in [2.45, 2.75) is 12.6 Å². The van der Waals surface area contributed by atoms with Gasteiger partial charge in [0.15, 0.2) is 0 Å². The molecule has 29 heavy (non-hydrogen) atoms. The van der Waals surface area contributed by atoms with Crippen LogP contribution in [0.15, 0.2) is 64.1 Å². The predicted molar refractivity (Wildman–Crippen MR) is 105 cm³/mol. The number of amides is 1. The first kappa shape index (κ1) is 21.0. The van der Waals surface area contributed by atoms with E-state index in [2.05, 4.69) is 10.5 Å². The quantitative estimate of drug-likeness (QED) is 0.392. The lowest BCUT2D eigenvalue weighted by Gasteiger charge is -2.08. The fraction of sp³-hybridized carbons (Fsp3) is 0.100. The lowest BCUT2D eigenvalue weighted by molar-refractivity contribution is -0.137. The largest absolute Gasteiger partial charge is 0.455 e. The molecule has 3 rings (SSSR count). The van der Waals surface area contributed by atoms with E-state index in [0.29, 0.717) is 27.1 Å². The van der Waals surface area contributed by atoms with E-state index in [1.807, 2.05) is 0 Å². The summed E-state index contributed by atoms with van der Waals surface area (Å²) < 4.78 is 43.7. The van der Waals surface area contributed by atoms with E-state index < -0.39 is 17.6 Å². The van der Waals surface area contributed by atoms with Crippen LogP contribution in [0.1, 0.15) is 16.9 Å². The molecule has 150 valence electrons. The van der Waals surface area contributed by atoms with E-state index in [9.17, 15) is 18.0 Å². The number of hydrogen-bond acceptors (Lipinski definition) is 3. The van der Waals surface area contributed by atoms with Crippen LogP contribution in [0.4, 0.5) is 13.2 Å². The Balaban J connectivity index is 1.61. The first-order valence-electron chi connectivity index (χ1n) is 8.26. The summed E-state index contributed by atoms with van der Waals surface area (Å²) in [6, 6.07) is 13.0. The van der Waals surface area contributed by atoms with Crippen LogP contribution in [-0.4, -0.2) is 12.1 Å². The van der Waals surface area contributed by atoms with Crippen LogP contribution in [0.3, 0.4) is 0 Å². The van der Waals surface area contributed by atoms with Crippen LogP contribution in [0.5, 0.6) is 0 Å². The fourth-order valence-electron chi connectivity index (χ4n) is 2.51. The molecule has 0 saturated heterocycles. The second-order valence-corrected chi connectivity index (χ2v) is 6.76. The van der Waals surface area contributed by atoms with Crippen molar-refractivity contribution in [2.75, 3.05) is 0 Å². The lowest BCUT2D eigenvalue weighted by atomic mass is 10.1. The predicted octanol–water partition coefficient (Wildman–Crippen LogP) is 5.97. The summed E-state index contributed by atoms with van der Waals surface area (Å²) in [4.78, 5) is 11.9. The zero-order chi connectivity index (χ0) is 21.0. The Kier molecular flexibility index (Phi) is 6.30. The molecular weight excluding hydrogens is 428 g/mol. The molecule has 1 N–H and O–H groups in total. The maximum Gasteiger partial charge on any atom is 0.416 e. The van der Waals surface area contributed by atoms with Crippen molar-refractivity contribution < 1.29 is 22.4 Å². The van der Waals surface area contributed by atoms with E-state index >= 15 is 0 Å². The fourth-order valence-corrected chi connectivity index (χ4v) is 2.91. The van der Waals surface area contributed by atoms with Gasteiger partial charge in [-0.25, -0.2) is 5.43 Å². The molecule has 9 heteroatoms. The Bertz CT molecular complexity index is 1060. The van der Waals surface area contributed by atoms with E-state index in [0.717, 1.165) is 12.1 Å². The molecule has 0 radical (unpaired) electrons. The highest BCUT2D eigenvalue weighted by atomic mass is 35.5. The first-order chi connectivity index (χ1) is 13.7. The molecule has 4 nitrogen and oxygen atoms in total. The lowest BCUT2D eigenvalue weighted by Crippen LogP contribution is -2.20. The summed E-state index contributed by atoms with van der Waals surface area (Å²) in [6.07, 6.45) is -3.44. The average molecular weight is 441 g/mol. The minimum atomic E-state index is -4.46. The number of rotatable bonds is 5. The SMILES string of the molecule is O=C(Cc1cccc(C(F)(F)F)c1)N/N=C/c1ccc(-c2cccc(Cl)c2Cl)o1. The monoisotopic (exact) mass is 440 g/mol. The van der Waals surface area contributed by atoms with E-state index in [-0.39, 0.29) is 12.0 Å². The zero-order valence-corrected chi connectivity index (χ0v) is 16.1. The smallest absolute Gasteiger partial charge is 0.416 e. The standard InChI is InChI=1S/C20H13Cl2F3N2O2/c21-16-6-2-5-15(19(16)22)17-8-7-14(29-17)11-26-27-18(28)10-12-3-1-4-13(9-12)20(23,24)25/h1-9,11H,10H2,(H,27,28)/b26-11+. The molecule has 0 saturated carbocycles. The van der Waals surface area contributed by atoms with Gasteiger partial charge in [-0.15, -0.1) is 0 Å². The van der Waals surface area contributed by atoms with Crippen molar-refractivity contribution >= 4 is 35.3 Å². The summed E-state index contributed by atoms with van der Waals surface area (Å²) in [5, 5.41) is 4.49. The average Bonchev–Trinajstić information content (AvgIpc) is 3.12. The van der Waals surface area contributed by atoms with Gasteiger partial charge in [0.2, 0.25) is 5.91 Å². The van der Waals surface area contributed by atoms with Crippen LogP contribution in [0.2, 0.25) is 10.0 Å². The molecular formula is C20H13Cl2F3N2O2. The topological polar surface area (TPSA) is 54.6 Å². The Morgan fingerprint density at radius 3 is 2.62 bits per heavy atom. The van der Waals surface area contributed by atoms with Gasteiger partial charge in [-0.2, -0.15) is 18.3 Å². The van der Waals surface area contributed by atoms with E-state index in [1.165, 1.54) is 18.3 Å². The normalized spacial score (nSPS) is 11.8. The van der Waals surface area contributed by atoms with Crippen molar-refractivity contribution in [1.29, 1.82) is 0 Å². The van der Waals surface area contributed by atoms with E-state index in [1.54, 1.807) is 30.3 Å². The summed E-state index contributed by atoms with van der Waals surface area (Å²) in [5.74, 6) is 0.245. The minimum absolute atomic E-state index is 0.225. The summed E-state index contributed by atoms with van der Waals surface area (Å²) in [5.41, 5.74) is 2.27. The molecule has 0 unspecified atom stereocenters. The number of benzene rings is 2. The van der Waals surface area contributed by atoms with Crippen LogP contribution >= 0.6 is 23.2 Å². The van der Waals surface area contributed by atoms with Crippen molar-refractivity contribution in [3.8, 4) is 11.3 Å². The van der Waals surface area contributed by atoms with Gasteiger partial charge in [0.05, 0.1) is 28.2 Å². The Hall–Kier alpha value is -2.77. The number of halogens is 5. The van der Waals surface area contributed by atoms with Gasteiger partial charge in [0.25, 0.3) is 0 Å². The maximum absolute atomic E-state index is 12.7. The number of hydrogen-bond donors (Lipinski definition) is 1. The number of alkyl halides is 3. The van der Waals surface area contributed by atoms with Gasteiger partial charge >= 0.3 is 6.18 Å². The Labute approximate surface area is 173 Å². The van der Waals surface area contributed by atoms with Crippen LogP contribution < -0.4 is 5.43 Å². The Morgan fingerprint density at radius 1 is 1.10 bits per heavy atom. The molecule has 1 heterocycles. The van der Waals surface area contributed by atoms with Gasteiger partial charge in [0, 0.05) is 5.56 Å². The van der Waals surface area contributed by atoms with Crippen LogP contribution in [0.25, 0.3) is 11.3 Å². The molecule has 1 aromatic heterocycles. The third kappa shape index (κ3) is 5.40. The van der Waals surface area contributed by atoms with Crippen molar-refractivity contribution in [1.82, 2.24) is 5.43 Å². The highest BCUT2D eigenvalue weighted by molar-refractivity contribution is 6.43. The van der Waals surface area contributed by atoms with Gasteiger partial charge in [-0.1, -0.05) is 47.5 Å². The number of nitrogens with one attached hydrogen (secondary N) is 1. The highest BCUT2D eigenvalue weighted by Gasteiger charge is 2.30. The van der Waals surface area contributed by atoms with Crippen molar-refractivity contribution in [3.05, 3.63) is 81.5 Å². The minimum Gasteiger partial charge on any atom is -0.455 e. The first-order valence-corrected chi connectivity index (χ1v) is 9.02. The van der Waals surface area contributed by atoms with Crippen LogP contribution in [0, 0.1) is 0 Å². The van der Waals surface area contributed by atoms with E-state index in [4.69, 9.17) is 27.6 Å². The molecule has 0 aliphatic rings. The number of nitrogens with zero attached hydrogens (tertiary/aromatic N) is 1. The second-order valence-electron chi connectivity index (χ2n) is 5.97. The van der Waals surface area contributed by atoms with Gasteiger partial charge in [-0.05, 0) is 35.9 Å². The third-order valence-electron chi connectivity index (χ3n) is 3.84. The number of furan rings is 1.